The van der Waals surface area contributed by atoms with Gasteiger partial charge in [-0.1, -0.05) is 33.2 Å². The minimum Gasteiger partial charge on any atom is -0.330 e. The number of hydrogen-bond acceptors (Lipinski definition) is 4. The Balaban J connectivity index is 2.40. The maximum absolute atomic E-state index is 5.48. The number of nitrogens with zero attached hydrogens (tertiary/aromatic N) is 2. The van der Waals surface area contributed by atoms with Crippen LogP contribution in [0.2, 0.25) is 0 Å². The van der Waals surface area contributed by atoms with Crippen molar-refractivity contribution in [3.63, 3.8) is 0 Å². The largest absolute Gasteiger partial charge is 0.330 e. The lowest BCUT2D eigenvalue weighted by molar-refractivity contribution is 0.304. The molecule has 1 aromatic carbocycles. The van der Waals surface area contributed by atoms with Gasteiger partial charge in [0.2, 0.25) is 0 Å². The summed E-state index contributed by atoms with van der Waals surface area (Å²) in [4.78, 5) is 0. The van der Waals surface area contributed by atoms with Gasteiger partial charge in [0.1, 0.15) is 11.4 Å². The lowest BCUT2D eigenvalue weighted by Crippen LogP contribution is -2.03. The molecular formula is C10H10BrN3O. The molecule has 0 spiro atoms. The molecule has 15 heavy (non-hydrogen) atoms. The first-order valence-electron chi connectivity index (χ1n) is 4.58. The molecule has 0 atom stereocenters. The van der Waals surface area contributed by atoms with Crippen LogP contribution in [0.15, 0.2) is 33.4 Å². The Bertz CT molecular complexity index is 455. The molecule has 1 aromatic heterocycles. The van der Waals surface area contributed by atoms with Gasteiger partial charge >= 0.3 is 0 Å². The average molecular weight is 268 g/mol. The molecule has 0 radical (unpaired) electrons. The Morgan fingerprint density at radius 3 is 2.93 bits per heavy atom. The van der Waals surface area contributed by atoms with Crippen LogP contribution in [-0.2, 0) is 6.42 Å². The number of rotatable bonds is 3. The molecule has 4 nitrogen and oxygen atoms in total. The summed E-state index contributed by atoms with van der Waals surface area (Å²) >= 11 is 3.41. The van der Waals surface area contributed by atoms with Gasteiger partial charge in [0, 0.05) is 16.5 Å². The zero-order valence-corrected chi connectivity index (χ0v) is 9.57. The molecule has 2 aromatic rings. The lowest BCUT2D eigenvalue weighted by atomic mass is 10.1. The van der Waals surface area contributed by atoms with Gasteiger partial charge in [-0.2, -0.15) is 0 Å². The van der Waals surface area contributed by atoms with Crippen molar-refractivity contribution in [2.24, 2.45) is 5.73 Å². The summed E-state index contributed by atoms with van der Waals surface area (Å²) in [6.07, 6.45) is 0.672. The van der Waals surface area contributed by atoms with Gasteiger partial charge in [-0.25, -0.2) is 4.63 Å². The van der Waals surface area contributed by atoms with Crippen LogP contribution in [0.3, 0.4) is 0 Å². The van der Waals surface area contributed by atoms with Crippen LogP contribution in [0.5, 0.6) is 0 Å². The van der Waals surface area contributed by atoms with E-state index in [0.717, 1.165) is 21.4 Å². The number of aromatic nitrogens is 2. The summed E-state index contributed by atoms with van der Waals surface area (Å²) in [5.74, 6) is 0. The van der Waals surface area contributed by atoms with Crippen LogP contribution < -0.4 is 5.73 Å². The van der Waals surface area contributed by atoms with Crippen molar-refractivity contribution >= 4 is 15.9 Å². The molecule has 0 unspecified atom stereocenters. The Labute approximate surface area is 95.6 Å². The zero-order chi connectivity index (χ0) is 10.7. The van der Waals surface area contributed by atoms with Gasteiger partial charge < -0.3 is 5.73 Å². The molecule has 0 saturated heterocycles. The first-order valence-corrected chi connectivity index (χ1v) is 5.38. The van der Waals surface area contributed by atoms with E-state index in [4.69, 9.17) is 10.4 Å². The third kappa shape index (κ3) is 2.24. The highest BCUT2D eigenvalue weighted by Gasteiger charge is 2.11. The van der Waals surface area contributed by atoms with Crippen LogP contribution >= 0.6 is 15.9 Å². The van der Waals surface area contributed by atoms with E-state index in [1.807, 2.05) is 24.3 Å². The molecule has 5 heteroatoms. The second-order valence-electron chi connectivity index (χ2n) is 3.11. The number of nitrogens with two attached hydrogens (primary N) is 1. The molecule has 0 bridgehead atoms. The fourth-order valence-corrected chi connectivity index (χ4v) is 1.76. The summed E-state index contributed by atoms with van der Waals surface area (Å²) < 4.78 is 5.72. The van der Waals surface area contributed by atoms with Crippen molar-refractivity contribution in [2.45, 2.75) is 6.42 Å². The highest BCUT2D eigenvalue weighted by Crippen LogP contribution is 2.23. The number of halogens is 1. The smallest absolute Gasteiger partial charge is 0.138 e. The minimum atomic E-state index is 0.537. The minimum absolute atomic E-state index is 0.537. The van der Waals surface area contributed by atoms with E-state index in [0.29, 0.717) is 13.0 Å². The van der Waals surface area contributed by atoms with Crippen molar-refractivity contribution in [3.8, 4) is 11.3 Å². The predicted molar refractivity (Wildman–Crippen MR) is 60.2 cm³/mol. The maximum atomic E-state index is 5.48. The molecule has 1 heterocycles. The molecule has 0 aliphatic carbocycles. The lowest BCUT2D eigenvalue weighted by Gasteiger charge is -1.98. The first kappa shape index (κ1) is 10.3. The van der Waals surface area contributed by atoms with Gasteiger partial charge in [-0.3, -0.25) is 0 Å². The van der Waals surface area contributed by atoms with E-state index in [1.165, 1.54) is 0 Å². The van der Waals surface area contributed by atoms with Crippen LogP contribution in [-0.4, -0.2) is 16.9 Å². The van der Waals surface area contributed by atoms with E-state index in [9.17, 15) is 0 Å². The molecule has 2 rings (SSSR count). The molecular weight excluding hydrogens is 258 g/mol. The number of benzene rings is 1. The Kier molecular flexibility index (Phi) is 3.13. The van der Waals surface area contributed by atoms with E-state index in [-0.39, 0.29) is 0 Å². The third-order valence-electron chi connectivity index (χ3n) is 2.04. The van der Waals surface area contributed by atoms with Gasteiger partial charge in [0.05, 0.1) is 0 Å². The zero-order valence-electron chi connectivity index (χ0n) is 7.98. The van der Waals surface area contributed by atoms with E-state index in [1.54, 1.807) is 0 Å². The van der Waals surface area contributed by atoms with Gasteiger partial charge in [0.15, 0.2) is 0 Å². The second kappa shape index (κ2) is 4.55. The van der Waals surface area contributed by atoms with Gasteiger partial charge in [-0.05, 0) is 23.8 Å². The SMILES string of the molecule is NCCc1nonc1-c1cccc(Br)c1. The quantitative estimate of drug-likeness (QED) is 0.924. The second-order valence-corrected chi connectivity index (χ2v) is 4.02. The maximum Gasteiger partial charge on any atom is 0.138 e. The van der Waals surface area contributed by atoms with Crippen molar-refractivity contribution in [1.82, 2.24) is 10.3 Å². The first-order chi connectivity index (χ1) is 7.31. The fourth-order valence-electron chi connectivity index (χ4n) is 1.36. The summed E-state index contributed by atoms with van der Waals surface area (Å²) in [5, 5.41) is 7.71. The van der Waals surface area contributed by atoms with Crippen molar-refractivity contribution < 1.29 is 4.63 Å². The summed E-state index contributed by atoms with van der Waals surface area (Å²) in [7, 11) is 0. The normalized spacial score (nSPS) is 10.5. The van der Waals surface area contributed by atoms with Crippen LogP contribution in [0.1, 0.15) is 5.69 Å². The highest BCUT2D eigenvalue weighted by molar-refractivity contribution is 9.10. The molecule has 0 aliphatic rings. The van der Waals surface area contributed by atoms with Crippen LogP contribution in [0.4, 0.5) is 0 Å². The standard InChI is InChI=1S/C10H10BrN3O/c11-8-3-1-2-7(6-8)10-9(4-5-12)13-15-14-10/h1-3,6H,4-5,12H2. The predicted octanol–water partition coefficient (Wildman–Crippen LogP) is 2.00. The molecule has 78 valence electrons. The van der Waals surface area contributed by atoms with Gasteiger partial charge in [-0.15, -0.1) is 0 Å². The fraction of sp³-hybridized carbons (Fsp3) is 0.200. The molecule has 0 fully saturated rings. The van der Waals surface area contributed by atoms with E-state index < -0.39 is 0 Å². The van der Waals surface area contributed by atoms with Crippen molar-refractivity contribution in [1.29, 1.82) is 0 Å². The Morgan fingerprint density at radius 2 is 2.20 bits per heavy atom. The summed E-state index contributed by atoms with van der Waals surface area (Å²) in [6.45, 7) is 0.537. The third-order valence-corrected chi connectivity index (χ3v) is 2.53. The average Bonchev–Trinajstić information content (AvgIpc) is 2.66. The van der Waals surface area contributed by atoms with E-state index in [2.05, 4.69) is 26.2 Å². The Hall–Kier alpha value is -1.20. The monoisotopic (exact) mass is 267 g/mol. The van der Waals surface area contributed by atoms with Crippen LogP contribution in [0, 0.1) is 0 Å². The van der Waals surface area contributed by atoms with Crippen LogP contribution in [0.25, 0.3) is 11.3 Å². The summed E-state index contributed by atoms with van der Waals surface area (Å²) in [5.41, 5.74) is 8.03. The highest BCUT2D eigenvalue weighted by atomic mass is 79.9. The van der Waals surface area contributed by atoms with Crippen molar-refractivity contribution in [2.75, 3.05) is 6.54 Å². The number of hydrogen-bond donors (Lipinski definition) is 1. The van der Waals surface area contributed by atoms with Gasteiger partial charge in [0.25, 0.3) is 0 Å². The molecule has 0 aliphatic heterocycles. The molecule has 0 saturated carbocycles. The van der Waals surface area contributed by atoms with Crippen molar-refractivity contribution in [3.05, 3.63) is 34.4 Å². The van der Waals surface area contributed by atoms with E-state index >= 15 is 0 Å². The molecule has 2 N–H and O–H groups in total. The molecule has 0 amide bonds. The Morgan fingerprint density at radius 1 is 1.33 bits per heavy atom. The summed E-state index contributed by atoms with van der Waals surface area (Å²) in [6, 6.07) is 7.84. The topological polar surface area (TPSA) is 64.9 Å².